The number of benzene rings is 2. The third-order valence-corrected chi connectivity index (χ3v) is 6.20. The highest BCUT2D eigenvalue weighted by Crippen LogP contribution is 2.36. The molecule has 1 aliphatic heterocycles. The number of nitrogens with zero attached hydrogens (tertiary/aromatic N) is 3. The van der Waals surface area contributed by atoms with Crippen molar-refractivity contribution in [3.63, 3.8) is 0 Å². The van der Waals surface area contributed by atoms with E-state index in [1.807, 2.05) is 68.4 Å². The van der Waals surface area contributed by atoms with Crippen molar-refractivity contribution in [3.8, 4) is 22.9 Å². The lowest BCUT2D eigenvalue weighted by Gasteiger charge is -2.23. The number of aromatic nitrogens is 3. The van der Waals surface area contributed by atoms with Gasteiger partial charge in [0.25, 0.3) is 0 Å². The Labute approximate surface area is 222 Å². The molecule has 8 nitrogen and oxygen atoms in total. The zero-order chi connectivity index (χ0) is 24.9. The molecule has 192 valence electrons. The first-order chi connectivity index (χ1) is 17.6. The summed E-state index contributed by atoms with van der Waals surface area (Å²) >= 11 is 0. The molecule has 3 heterocycles. The van der Waals surface area contributed by atoms with Crippen molar-refractivity contribution in [2.45, 2.75) is 32.7 Å². The van der Waals surface area contributed by atoms with E-state index in [9.17, 15) is 4.79 Å². The molecule has 0 radical (unpaired) electrons. The number of ether oxygens (including phenoxy) is 1. The average Bonchev–Trinajstić information content (AvgIpc) is 2.90. The van der Waals surface area contributed by atoms with Gasteiger partial charge in [0.05, 0.1) is 11.3 Å². The largest absolute Gasteiger partial charge is 0.438 e. The lowest BCUT2D eigenvalue weighted by molar-refractivity contribution is -0.118. The van der Waals surface area contributed by atoms with E-state index in [1.165, 1.54) is 0 Å². The van der Waals surface area contributed by atoms with Gasteiger partial charge in [-0.25, -0.2) is 15.0 Å². The molecular weight excluding hydrogens is 488 g/mol. The second-order valence-corrected chi connectivity index (χ2v) is 9.21. The van der Waals surface area contributed by atoms with Gasteiger partial charge in [-0.2, -0.15) is 0 Å². The lowest BCUT2D eigenvalue weighted by atomic mass is 10.1. The molecule has 1 saturated heterocycles. The van der Waals surface area contributed by atoms with Gasteiger partial charge in [0.2, 0.25) is 17.7 Å². The quantitative estimate of drug-likeness (QED) is 0.290. The molecule has 9 heteroatoms. The predicted octanol–water partition coefficient (Wildman–Crippen LogP) is 5.66. The summed E-state index contributed by atoms with van der Waals surface area (Å²) in [5.41, 5.74) is 2.25. The molecule has 1 atom stereocenters. The molecule has 1 fully saturated rings. The van der Waals surface area contributed by atoms with Crippen molar-refractivity contribution >= 4 is 40.7 Å². The number of rotatable bonds is 7. The Morgan fingerprint density at radius 2 is 1.86 bits per heavy atom. The number of piperidine rings is 1. The monoisotopic (exact) mass is 518 g/mol. The number of halogens is 1. The summed E-state index contributed by atoms with van der Waals surface area (Å²) < 4.78 is 6.36. The number of amides is 1. The first kappa shape index (κ1) is 26.3. The highest BCUT2D eigenvalue weighted by molar-refractivity contribution is 6.04. The minimum atomic E-state index is -0.114. The van der Waals surface area contributed by atoms with Crippen molar-refractivity contribution in [1.29, 1.82) is 0 Å². The van der Waals surface area contributed by atoms with Gasteiger partial charge in [-0.3, -0.25) is 4.79 Å². The summed E-state index contributed by atoms with van der Waals surface area (Å²) in [6, 6.07) is 17.5. The van der Waals surface area contributed by atoms with Crippen LogP contribution in [0.2, 0.25) is 0 Å². The molecular formula is C28H31ClN6O2. The Balaban J connectivity index is 0.00000320. The number of anilines is 2. The van der Waals surface area contributed by atoms with Crippen molar-refractivity contribution in [1.82, 2.24) is 20.3 Å². The van der Waals surface area contributed by atoms with Crippen LogP contribution in [0, 0.1) is 5.92 Å². The summed E-state index contributed by atoms with van der Waals surface area (Å²) in [4.78, 5) is 26.0. The van der Waals surface area contributed by atoms with Gasteiger partial charge in [0.15, 0.2) is 0 Å². The first-order valence-corrected chi connectivity index (χ1v) is 12.3. The molecule has 1 unspecified atom stereocenters. The molecule has 0 bridgehead atoms. The van der Waals surface area contributed by atoms with Crippen LogP contribution < -0.4 is 20.7 Å². The van der Waals surface area contributed by atoms with Crippen molar-refractivity contribution in [2.75, 3.05) is 23.7 Å². The van der Waals surface area contributed by atoms with E-state index in [1.54, 1.807) is 12.4 Å². The number of hydrogen-bond donors (Lipinski definition) is 3. The Kier molecular flexibility index (Phi) is 8.53. The number of pyridine rings is 1. The van der Waals surface area contributed by atoms with Crippen LogP contribution >= 0.6 is 12.4 Å². The summed E-state index contributed by atoms with van der Waals surface area (Å²) in [5, 5.41) is 11.6. The Hall–Kier alpha value is -3.75. The van der Waals surface area contributed by atoms with Crippen LogP contribution in [0.5, 0.6) is 11.6 Å². The molecule has 2 aromatic heterocycles. The maximum atomic E-state index is 12.3. The van der Waals surface area contributed by atoms with Crippen LogP contribution in [0.1, 0.15) is 26.7 Å². The Bertz CT molecular complexity index is 1370. The maximum Gasteiger partial charge on any atom is 0.228 e. The van der Waals surface area contributed by atoms with E-state index in [2.05, 4.69) is 25.9 Å². The molecule has 0 saturated carbocycles. The van der Waals surface area contributed by atoms with Gasteiger partial charge in [-0.05, 0) is 49.7 Å². The third-order valence-electron chi connectivity index (χ3n) is 6.20. The van der Waals surface area contributed by atoms with Gasteiger partial charge >= 0.3 is 0 Å². The molecule has 3 N–H and O–H groups in total. The number of carbonyl (C=O) groups is 1. The van der Waals surface area contributed by atoms with Crippen LogP contribution in [-0.2, 0) is 4.79 Å². The summed E-state index contributed by atoms with van der Waals surface area (Å²) in [6.45, 7) is 5.69. The van der Waals surface area contributed by atoms with Gasteiger partial charge in [0.1, 0.15) is 5.75 Å². The van der Waals surface area contributed by atoms with E-state index in [4.69, 9.17) is 9.72 Å². The summed E-state index contributed by atoms with van der Waals surface area (Å²) in [7, 11) is 0. The van der Waals surface area contributed by atoms with Crippen molar-refractivity contribution < 1.29 is 9.53 Å². The fraction of sp³-hybridized carbons (Fsp3) is 0.286. The molecule has 0 spiro atoms. The highest BCUT2D eigenvalue weighted by atomic mass is 35.5. The van der Waals surface area contributed by atoms with E-state index in [0.29, 0.717) is 23.6 Å². The third kappa shape index (κ3) is 6.15. The Morgan fingerprint density at radius 1 is 1.03 bits per heavy atom. The van der Waals surface area contributed by atoms with Crippen LogP contribution in [0.15, 0.2) is 67.0 Å². The highest BCUT2D eigenvalue weighted by Gasteiger charge is 2.17. The van der Waals surface area contributed by atoms with Crippen molar-refractivity contribution in [3.05, 3.63) is 67.0 Å². The number of nitrogens with one attached hydrogen (secondary N) is 3. The molecule has 1 amide bonds. The fourth-order valence-electron chi connectivity index (χ4n) is 4.26. The lowest BCUT2D eigenvalue weighted by Crippen LogP contribution is -2.38. The molecule has 0 aliphatic carbocycles. The zero-order valence-corrected chi connectivity index (χ0v) is 21.7. The first-order valence-electron chi connectivity index (χ1n) is 12.3. The van der Waals surface area contributed by atoms with Gasteiger partial charge in [-0.15, -0.1) is 12.4 Å². The van der Waals surface area contributed by atoms with Crippen LogP contribution in [0.4, 0.5) is 11.6 Å². The Morgan fingerprint density at radius 3 is 2.68 bits per heavy atom. The second kappa shape index (κ2) is 12.0. The number of hydrogen-bond acceptors (Lipinski definition) is 7. The molecule has 4 aromatic rings. The SMILES string of the molecule is CC(C)C(=O)Nc1cccc2c(Oc3ncccc3-c3ccnc(NC4CCCNC4)n3)cccc12.Cl. The van der Waals surface area contributed by atoms with Crippen molar-refractivity contribution in [2.24, 2.45) is 5.92 Å². The van der Waals surface area contributed by atoms with Gasteiger partial charge in [0, 0.05) is 47.4 Å². The van der Waals surface area contributed by atoms with Crippen LogP contribution in [0.25, 0.3) is 22.0 Å². The minimum Gasteiger partial charge on any atom is -0.438 e. The van der Waals surface area contributed by atoms with E-state index in [-0.39, 0.29) is 24.2 Å². The second-order valence-electron chi connectivity index (χ2n) is 9.21. The molecule has 1 aliphatic rings. The van der Waals surface area contributed by atoms with Gasteiger partial charge < -0.3 is 20.7 Å². The number of carbonyl (C=O) groups excluding carboxylic acids is 1. The summed E-state index contributed by atoms with van der Waals surface area (Å²) in [6.07, 6.45) is 5.67. The van der Waals surface area contributed by atoms with E-state index < -0.39 is 0 Å². The van der Waals surface area contributed by atoms with Crippen LogP contribution in [0.3, 0.4) is 0 Å². The molecule has 2 aromatic carbocycles. The maximum absolute atomic E-state index is 12.3. The van der Waals surface area contributed by atoms with Gasteiger partial charge in [-0.1, -0.05) is 38.1 Å². The topological polar surface area (TPSA) is 101 Å². The molecule has 5 rings (SSSR count). The fourth-order valence-corrected chi connectivity index (χ4v) is 4.26. The van der Waals surface area contributed by atoms with E-state index in [0.717, 1.165) is 53.6 Å². The predicted molar refractivity (Wildman–Crippen MR) is 150 cm³/mol. The standard InChI is InChI=1S/C28H30N6O2.ClH/c1-18(2)26(35)33-23-11-3-9-21-20(23)8-4-12-25(21)36-27-22(10-6-15-30-27)24-13-16-31-28(34-24)32-19-7-5-14-29-17-19;/h3-4,6,8-13,15-16,18-19,29H,5,7,14,17H2,1-2H3,(H,33,35)(H,31,32,34);1H. The summed E-state index contributed by atoms with van der Waals surface area (Å²) in [5.74, 6) is 1.54. The number of fused-ring (bicyclic) bond motifs is 1. The zero-order valence-electron chi connectivity index (χ0n) is 20.9. The van der Waals surface area contributed by atoms with E-state index >= 15 is 0 Å². The minimum absolute atomic E-state index is 0. The molecule has 37 heavy (non-hydrogen) atoms. The smallest absolute Gasteiger partial charge is 0.228 e. The van der Waals surface area contributed by atoms with Crippen LogP contribution in [-0.4, -0.2) is 40.0 Å². The average molecular weight is 519 g/mol. The normalized spacial score (nSPS) is 15.2.